The number of hydrogen-bond acceptors (Lipinski definition) is 4. The second kappa shape index (κ2) is 5.15. The van der Waals surface area contributed by atoms with Gasteiger partial charge in [-0.25, -0.2) is 19.2 Å². The molecule has 0 bridgehead atoms. The third-order valence-corrected chi connectivity index (χ3v) is 4.00. The maximum Gasteiger partial charge on any atom is 0.170 e. The molecule has 4 rings (SSSR count). The molecule has 0 radical (unpaired) electrons. The van der Waals surface area contributed by atoms with Crippen LogP contribution >= 0.6 is 0 Å². The largest absolute Gasteiger partial charge is 0.216 e. The summed E-state index contributed by atoms with van der Waals surface area (Å²) >= 11 is 0. The Balaban J connectivity index is 1.94. The molecular weight excluding hydrogens is 288 g/mol. The summed E-state index contributed by atoms with van der Waals surface area (Å²) in [6, 6.07) is 6.32. The highest BCUT2D eigenvalue weighted by molar-refractivity contribution is 5.89. The molecule has 0 aliphatic carbocycles. The predicted octanol–water partition coefficient (Wildman–Crippen LogP) is 3.03. The molecule has 23 heavy (non-hydrogen) atoms. The van der Waals surface area contributed by atoms with Gasteiger partial charge in [-0.3, -0.25) is 0 Å². The average Bonchev–Trinajstić information content (AvgIpc) is 3.10. The van der Waals surface area contributed by atoms with Crippen LogP contribution in [0, 0.1) is 13.8 Å². The summed E-state index contributed by atoms with van der Waals surface area (Å²) in [6.07, 6.45) is 5.43. The highest BCUT2D eigenvalue weighted by Crippen LogP contribution is 2.22. The van der Waals surface area contributed by atoms with E-state index in [-0.39, 0.29) is 0 Å². The molecule has 0 fully saturated rings. The number of benzene rings is 1. The van der Waals surface area contributed by atoms with Gasteiger partial charge in [0.05, 0.1) is 17.3 Å². The molecule has 3 aromatic heterocycles. The standard InChI is InChI=1S/C17H18N6/c1-4-5-15-20-17-13-9-19-23(16(13)18-10-22(17)21-15)14-7-6-11(2)8-12(14)3/h6-10H,4-5H2,1-3H3. The molecule has 6 nitrogen and oxygen atoms in total. The van der Waals surface area contributed by atoms with Crippen molar-refractivity contribution in [3.63, 3.8) is 0 Å². The van der Waals surface area contributed by atoms with Crippen LogP contribution in [-0.2, 0) is 6.42 Å². The Morgan fingerprint density at radius 1 is 1.13 bits per heavy atom. The second-order valence-electron chi connectivity index (χ2n) is 5.87. The Bertz CT molecular complexity index is 1010. The highest BCUT2D eigenvalue weighted by atomic mass is 15.3. The molecule has 0 amide bonds. The van der Waals surface area contributed by atoms with Crippen molar-refractivity contribution < 1.29 is 0 Å². The van der Waals surface area contributed by atoms with E-state index >= 15 is 0 Å². The van der Waals surface area contributed by atoms with Gasteiger partial charge >= 0.3 is 0 Å². The lowest BCUT2D eigenvalue weighted by Gasteiger charge is -2.07. The Kier molecular flexibility index (Phi) is 3.11. The fourth-order valence-electron chi connectivity index (χ4n) is 2.91. The fourth-order valence-corrected chi connectivity index (χ4v) is 2.91. The zero-order chi connectivity index (χ0) is 16.0. The summed E-state index contributed by atoms with van der Waals surface area (Å²) < 4.78 is 3.61. The van der Waals surface area contributed by atoms with E-state index in [2.05, 4.69) is 59.1 Å². The number of rotatable bonds is 3. The van der Waals surface area contributed by atoms with Crippen LogP contribution in [0.3, 0.4) is 0 Å². The topological polar surface area (TPSA) is 60.9 Å². The third kappa shape index (κ3) is 2.18. The van der Waals surface area contributed by atoms with Gasteiger partial charge in [0.1, 0.15) is 6.33 Å². The van der Waals surface area contributed by atoms with Crippen molar-refractivity contribution in [1.29, 1.82) is 0 Å². The molecule has 0 aliphatic rings. The van der Waals surface area contributed by atoms with Crippen molar-refractivity contribution in [2.45, 2.75) is 33.6 Å². The van der Waals surface area contributed by atoms with Crippen LogP contribution in [-0.4, -0.2) is 29.4 Å². The van der Waals surface area contributed by atoms with E-state index < -0.39 is 0 Å². The Hall–Kier alpha value is -2.76. The minimum atomic E-state index is 0.805. The predicted molar refractivity (Wildman–Crippen MR) is 88.9 cm³/mol. The van der Waals surface area contributed by atoms with Crippen LogP contribution in [0.2, 0.25) is 0 Å². The van der Waals surface area contributed by atoms with Crippen molar-refractivity contribution in [2.75, 3.05) is 0 Å². The summed E-state index contributed by atoms with van der Waals surface area (Å²) in [5.41, 5.74) is 5.06. The second-order valence-corrected chi connectivity index (χ2v) is 5.87. The molecule has 0 saturated carbocycles. The van der Waals surface area contributed by atoms with E-state index in [0.29, 0.717) is 0 Å². The van der Waals surface area contributed by atoms with Gasteiger partial charge in [-0.15, -0.1) is 5.10 Å². The quantitative estimate of drug-likeness (QED) is 0.583. The summed E-state index contributed by atoms with van der Waals surface area (Å²) in [7, 11) is 0. The van der Waals surface area contributed by atoms with Gasteiger partial charge in [-0.1, -0.05) is 24.6 Å². The molecule has 0 unspecified atom stereocenters. The maximum absolute atomic E-state index is 4.63. The summed E-state index contributed by atoms with van der Waals surface area (Å²) in [5.74, 6) is 0.848. The van der Waals surface area contributed by atoms with Gasteiger partial charge in [-0.05, 0) is 31.9 Å². The van der Waals surface area contributed by atoms with Crippen molar-refractivity contribution in [1.82, 2.24) is 29.4 Å². The van der Waals surface area contributed by atoms with Gasteiger partial charge in [-0.2, -0.15) is 5.10 Å². The molecule has 3 heterocycles. The first kappa shape index (κ1) is 13.9. The number of nitrogens with zero attached hydrogens (tertiary/aromatic N) is 6. The molecule has 0 aliphatic heterocycles. The van der Waals surface area contributed by atoms with Crippen LogP contribution in [0.1, 0.15) is 30.3 Å². The Morgan fingerprint density at radius 3 is 2.78 bits per heavy atom. The lowest BCUT2D eigenvalue weighted by atomic mass is 10.1. The van der Waals surface area contributed by atoms with Crippen LogP contribution in [0.4, 0.5) is 0 Å². The Labute approximate surface area is 133 Å². The van der Waals surface area contributed by atoms with Crippen LogP contribution in [0.5, 0.6) is 0 Å². The molecule has 116 valence electrons. The van der Waals surface area contributed by atoms with Crippen molar-refractivity contribution in [2.24, 2.45) is 0 Å². The van der Waals surface area contributed by atoms with E-state index in [1.54, 1.807) is 10.8 Å². The van der Waals surface area contributed by atoms with E-state index in [0.717, 1.165) is 41.0 Å². The minimum Gasteiger partial charge on any atom is -0.216 e. The minimum absolute atomic E-state index is 0.805. The first-order valence-corrected chi connectivity index (χ1v) is 7.83. The van der Waals surface area contributed by atoms with Crippen molar-refractivity contribution in [3.8, 4) is 5.69 Å². The van der Waals surface area contributed by atoms with Gasteiger partial charge in [0.2, 0.25) is 0 Å². The molecule has 1 aromatic carbocycles. The highest BCUT2D eigenvalue weighted by Gasteiger charge is 2.14. The number of hydrogen-bond donors (Lipinski definition) is 0. The monoisotopic (exact) mass is 306 g/mol. The molecule has 0 atom stereocenters. The first-order chi connectivity index (χ1) is 11.2. The molecule has 0 saturated heterocycles. The zero-order valence-electron chi connectivity index (χ0n) is 13.5. The molecule has 6 heteroatoms. The SMILES string of the molecule is CCCc1nc2c3cnn(-c4ccc(C)cc4C)c3ncn2n1. The van der Waals surface area contributed by atoms with Crippen LogP contribution in [0.25, 0.3) is 22.4 Å². The van der Waals surface area contributed by atoms with Crippen molar-refractivity contribution in [3.05, 3.63) is 47.7 Å². The number of aryl methyl sites for hydroxylation is 3. The molecule has 0 spiro atoms. The summed E-state index contributed by atoms with van der Waals surface area (Å²) in [5, 5.41) is 9.92. The lowest BCUT2D eigenvalue weighted by Crippen LogP contribution is -2.01. The average molecular weight is 306 g/mol. The van der Waals surface area contributed by atoms with E-state index in [4.69, 9.17) is 0 Å². The zero-order valence-corrected chi connectivity index (χ0v) is 13.5. The van der Waals surface area contributed by atoms with Crippen LogP contribution < -0.4 is 0 Å². The number of fused-ring (bicyclic) bond motifs is 3. The molecule has 4 aromatic rings. The van der Waals surface area contributed by atoms with Gasteiger partial charge in [0.25, 0.3) is 0 Å². The van der Waals surface area contributed by atoms with E-state index in [1.165, 1.54) is 11.1 Å². The first-order valence-electron chi connectivity index (χ1n) is 7.83. The van der Waals surface area contributed by atoms with Gasteiger partial charge in [0, 0.05) is 6.42 Å². The Morgan fingerprint density at radius 2 is 2.00 bits per heavy atom. The normalized spacial score (nSPS) is 11.6. The smallest absolute Gasteiger partial charge is 0.170 e. The molecule has 0 N–H and O–H groups in total. The van der Waals surface area contributed by atoms with E-state index in [1.807, 2.05) is 10.9 Å². The van der Waals surface area contributed by atoms with Crippen molar-refractivity contribution >= 4 is 16.7 Å². The van der Waals surface area contributed by atoms with Crippen LogP contribution in [0.15, 0.2) is 30.7 Å². The maximum atomic E-state index is 4.63. The van der Waals surface area contributed by atoms with Gasteiger partial charge in [0.15, 0.2) is 17.1 Å². The lowest BCUT2D eigenvalue weighted by molar-refractivity contribution is 0.811. The number of aromatic nitrogens is 6. The van der Waals surface area contributed by atoms with Gasteiger partial charge < -0.3 is 0 Å². The fraction of sp³-hybridized carbons (Fsp3) is 0.294. The summed E-state index contributed by atoms with van der Waals surface area (Å²) in [6.45, 7) is 6.30. The molecular formula is C17H18N6. The third-order valence-electron chi connectivity index (χ3n) is 4.00. The summed E-state index contributed by atoms with van der Waals surface area (Å²) in [4.78, 5) is 9.18. The van der Waals surface area contributed by atoms with E-state index in [9.17, 15) is 0 Å².